The lowest BCUT2D eigenvalue weighted by Gasteiger charge is -2.33. The maximum absolute atomic E-state index is 14.0. The summed E-state index contributed by atoms with van der Waals surface area (Å²) in [5, 5.41) is 3.18. The van der Waals surface area contributed by atoms with Gasteiger partial charge in [0.05, 0.1) is 10.6 Å². The number of hydrogen-bond acceptors (Lipinski definition) is 4. The Bertz CT molecular complexity index is 1360. The summed E-state index contributed by atoms with van der Waals surface area (Å²) in [6, 6.07) is 19.9. The van der Waals surface area contributed by atoms with Gasteiger partial charge in [-0.1, -0.05) is 73.5 Å². The number of benzene rings is 3. The van der Waals surface area contributed by atoms with Crippen LogP contribution in [0.25, 0.3) is 0 Å². The van der Waals surface area contributed by atoms with Gasteiger partial charge in [-0.15, -0.1) is 0 Å². The minimum atomic E-state index is -4.10. The van der Waals surface area contributed by atoms with Gasteiger partial charge in [0, 0.05) is 18.6 Å². The average molecular weight is 556 g/mol. The van der Waals surface area contributed by atoms with Crippen LogP contribution in [-0.2, 0) is 32.6 Å². The van der Waals surface area contributed by atoms with Gasteiger partial charge in [0.25, 0.3) is 10.0 Å². The average Bonchev–Trinajstić information content (AvgIpc) is 2.92. The normalized spacial score (nSPS) is 12.0. The predicted octanol–water partition coefficient (Wildman–Crippen LogP) is 4.96. The van der Waals surface area contributed by atoms with E-state index in [-0.39, 0.29) is 17.3 Å². The number of amides is 2. The van der Waals surface area contributed by atoms with Crippen LogP contribution in [0.4, 0.5) is 5.69 Å². The van der Waals surface area contributed by atoms with E-state index in [9.17, 15) is 18.0 Å². The van der Waals surface area contributed by atoms with Gasteiger partial charge in [-0.05, 0) is 61.2 Å². The van der Waals surface area contributed by atoms with Crippen molar-refractivity contribution in [1.82, 2.24) is 10.2 Å². The fourth-order valence-electron chi connectivity index (χ4n) is 4.28. The molecule has 3 aromatic carbocycles. The van der Waals surface area contributed by atoms with Crippen LogP contribution < -0.4 is 9.62 Å². The van der Waals surface area contributed by atoms with Gasteiger partial charge in [-0.3, -0.25) is 13.9 Å². The third-order valence-electron chi connectivity index (χ3n) is 6.43. The van der Waals surface area contributed by atoms with Crippen molar-refractivity contribution < 1.29 is 18.0 Å². The molecule has 0 radical (unpaired) electrons. The standard InChI is InChI=1S/C29H34ClN3O4S/c1-5-23-9-7-8-10-27(23)33(38(36,37)25-17-11-21(3)12-18-25)20-28(34)32(26(6-2)29(35)31-4)19-22-13-15-24(30)16-14-22/h7-18,26H,5-6,19-20H2,1-4H3,(H,31,35)/t26-/m1/s1. The summed E-state index contributed by atoms with van der Waals surface area (Å²) < 4.78 is 29.1. The Morgan fingerprint density at radius 2 is 1.58 bits per heavy atom. The fraction of sp³-hybridized carbons (Fsp3) is 0.310. The lowest BCUT2D eigenvalue weighted by molar-refractivity contribution is -0.140. The summed E-state index contributed by atoms with van der Waals surface area (Å²) >= 11 is 6.04. The van der Waals surface area contributed by atoms with Crippen molar-refractivity contribution in [2.24, 2.45) is 0 Å². The molecule has 0 spiro atoms. The lowest BCUT2D eigenvalue weighted by Crippen LogP contribution is -2.51. The molecule has 0 bridgehead atoms. The Kier molecular flexibility index (Phi) is 9.94. The van der Waals surface area contributed by atoms with Crippen molar-refractivity contribution in [2.45, 2.75) is 51.1 Å². The van der Waals surface area contributed by atoms with E-state index in [4.69, 9.17) is 11.6 Å². The predicted molar refractivity (Wildman–Crippen MR) is 152 cm³/mol. The second kappa shape index (κ2) is 12.9. The number of aryl methyl sites for hydroxylation is 2. The van der Waals surface area contributed by atoms with Crippen molar-refractivity contribution in [3.8, 4) is 0 Å². The van der Waals surface area contributed by atoms with Crippen molar-refractivity contribution in [2.75, 3.05) is 17.9 Å². The first kappa shape index (κ1) is 29.2. The molecule has 3 aromatic rings. The molecule has 0 aliphatic rings. The first-order valence-corrected chi connectivity index (χ1v) is 14.4. The van der Waals surface area contributed by atoms with Crippen LogP contribution in [0, 0.1) is 6.92 Å². The van der Waals surface area contributed by atoms with Gasteiger partial charge >= 0.3 is 0 Å². The van der Waals surface area contributed by atoms with E-state index in [1.54, 1.807) is 60.7 Å². The zero-order valence-electron chi connectivity index (χ0n) is 22.1. The van der Waals surface area contributed by atoms with Gasteiger partial charge in [0.15, 0.2) is 0 Å². The molecule has 2 amide bonds. The summed E-state index contributed by atoms with van der Waals surface area (Å²) in [4.78, 5) is 28.3. The maximum Gasteiger partial charge on any atom is 0.264 e. The number of carbonyl (C=O) groups excluding carboxylic acids is 2. The maximum atomic E-state index is 14.0. The number of likely N-dealkylation sites (N-methyl/N-ethyl adjacent to an activating group) is 1. The molecule has 0 fully saturated rings. The summed E-state index contributed by atoms with van der Waals surface area (Å²) in [5.74, 6) is -0.811. The molecule has 202 valence electrons. The molecule has 0 aliphatic carbocycles. The highest BCUT2D eigenvalue weighted by Crippen LogP contribution is 2.28. The van der Waals surface area contributed by atoms with Gasteiger partial charge in [0.2, 0.25) is 11.8 Å². The van der Waals surface area contributed by atoms with E-state index in [0.29, 0.717) is 23.6 Å². The molecule has 0 saturated carbocycles. The van der Waals surface area contributed by atoms with E-state index < -0.39 is 28.5 Å². The van der Waals surface area contributed by atoms with Gasteiger partial charge in [-0.25, -0.2) is 8.42 Å². The minimum absolute atomic E-state index is 0.0874. The zero-order valence-corrected chi connectivity index (χ0v) is 23.7. The third-order valence-corrected chi connectivity index (χ3v) is 8.45. The molecule has 38 heavy (non-hydrogen) atoms. The smallest absolute Gasteiger partial charge is 0.264 e. The van der Waals surface area contributed by atoms with Crippen LogP contribution in [0.2, 0.25) is 5.02 Å². The van der Waals surface area contributed by atoms with Crippen molar-refractivity contribution in [3.63, 3.8) is 0 Å². The lowest BCUT2D eigenvalue weighted by atomic mass is 10.1. The molecular formula is C29H34ClN3O4S. The first-order valence-electron chi connectivity index (χ1n) is 12.5. The Labute approximate surface area is 230 Å². The molecule has 0 aromatic heterocycles. The van der Waals surface area contributed by atoms with E-state index in [0.717, 1.165) is 21.0 Å². The topological polar surface area (TPSA) is 86.8 Å². The fourth-order valence-corrected chi connectivity index (χ4v) is 5.85. The monoisotopic (exact) mass is 555 g/mol. The second-order valence-electron chi connectivity index (χ2n) is 8.99. The quantitative estimate of drug-likeness (QED) is 0.362. The largest absolute Gasteiger partial charge is 0.357 e. The van der Waals surface area contributed by atoms with Crippen LogP contribution in [0.3, 0.4) is 0 Å². The van der Waals surface area contributed by atoms with Crippen LogP contribution in [0.5, 0.6) is 0 Å². The SMILES string of the molecule is CCc1ccccc1N(CC(=O)N(Cc1ccc(Cl)cc1)[C@H](CC)C(=O)NC)S(=O)(=O)c1ccc(C)cc1. The van der Waals surface area contributed by atoms with Gasteiger partial charge < -0.3 is 10.2 Å². The summed E-state index contributed by atoms with van der Waals surface area (Å²) in [6.45, 7) is 5.28. The molecule has 0 aliphatic heterocycles. The molecule has 7 nitrogen and oxygen atoms in total. The number of carbonyl (C=O) groups is 2. The summed E-state index contributed by atoms with van der Waals surface area (Å²) in [6.07, 6.45) is 0.934. The molecule has 0 saturated heterocycles. The molecule has 3 rings (SSSR count). The number of nitrogens with zero attached hydrogens (tertiary/aromatic N) is 2. The Morgan fingerprint density at radius 3 is 2.16 bits per heavy atom. The summed E-state index contributed by atoms with van der Waals surface area (Å²) in [7, 11) is -2.59. The molecule has 1 N–H and O–H groups in total. The minimum Gasteiger partial charge on any atom is -0.357 e. The van der Waals surface area contributed by atoms with Gasteiger partial charge in [-0.2, -0.15) is 0 Å². The first-order chi connectivity index (χ1) is 18.1. The highest BCUT2D eigenvalue weighted by Gasteiger charge is 2.34. The van der Waals surface area contributed by atoms with Crippen LogP contribution >= 0.6 is 11.6 Å². The Balaban J connectivity index is 2.09. The van der Waals surface area contributed by atoms with E-state index in [1.165, 1.54) is 11.9 Å². The Morgan fingerprint density at radius 1 is 0.947 bits per heavy atom. The van der Waals surface area contributed by atoms with E-state index in [2.05, 4.69) is 5.32 Å². The number of para-hydroxylation sites is 1. The van der Waals surface area contributed by atoms with Gasteiger partial charge in [0.1, 0.15) is 12.6 Å². The molecule has 1 atom stereocenters. The van der Waals surface area contributed by atoms with Crippen molar-refractivity contribution >= 4 is 39.1 Å². The second-order valence-corrected chi connectivity index (χ2v) is 11.3. The number of halogens is 1. The number of anilines is 1. The number of hydrogen-bond donors (Lipinski definition) is 1. The highest BCUT2D eigenvalue weighted by atomic mass is 35.5. The highest BCUT2D eigenvalue weighted by molar-refractivity contribution is 7.92. The number of sulfonamides is 1. The zero-order chi connectivity index (χ0) is 27.9. The van der Waals surface area contributed by atoms with E-state index in [1.807, 2.05) is 32.9 Å². The number of rotatable bonds is 11. The van der Waals surface area contributed by atoms with Crippen LogP contribution in [0.15, 0.2) is 77.7 Å². The summed E-state index contributed by atoms with van der Waals surface area (Å²) in [5.41, 5.74) is 2.92. The van der Waals surface area contributed by atoms with E-state index >= 15 is 0 Å². The molecular weight excluding hydrogens is 522 g/mol. The molecule has 0 heterocycles. The Hall–Kier alpha value is -3.36. The van der Waals surface area contributed by atoms with Crippen molar-refractivity contribution in [1.29, 1.82) is 0 Å². The molecule has 9 heteroatoms. The molecule has 0 unspecified atom stereocenters. The number of nitrogens with one attached hydrogen (secondary N) is 1. The van der Waals surface area contributed by atoms with Crippen LogP contribution in [0.1, 0.15) is 37.0 Å². The third kappa shape index (κ3) is 6.74. The van der Waals surface area contributed by atoms with Crippen LogP contribution in [-0.4, -0.2) is 44.8 Å². The van der Waals surface area contributed by atoms with Crippen molar-refractivity contribution in [3.05, 3.63) is 94.5 Å².